The first kappa shape index (κ1) is 20.3. The number of hydrogen-bond donors (Lipinski definition) is 1. The van der Waals surface area contributed by atoms with Crippen molar-refractivity contribution in [1.29, 1.82) is 0 Å². The highest BCUT2D eigenvalue weighted by Crippen LogP contribution is 2.29. The number of anilines is 2. The highest BCUT2D eigenvalue weighted by Gasteiger charge is 2.37. The maximum absolute atomic E-state index is 14.6. The summed E-state index contributed by atoms with van der Waals surface area (Å²) in [6.45, 7) is 3.37. The van der Waals surface area contributed by atoms with Crippen LogP contribution in [0.5, 0.6) is 0 Å². The molecule has 8 heteroatoms. The van der Waals surface area contributed by atoms with Crippen LogP contribution in [0.4, 0.5) is 20.6 Å². The molecule has 0 bridgehead atoms. The molecule has 0 radical (unpaired) electrons. The molecule has 0 aromatic heterocycles. The highest BCUT2D eigenvalue weighted by atomic mass is 79.9. The van der Waals surface area contributed by atoms with Crippen LogP contribution in [0.2, 0.25) is 0 Å². The maximum atomic E-state index is 14.6. The summed E-state index contributed by atoms with van der Waals surface area (Å²) in [6.07, 6.45) is 3.36. The normalized spacial score (nSPS) is 18.4. The zero-order valence-electron chi connectivity index (χ0n) is 16.2. The molecular weight excluding hydrogens is 453 g/mol. The second-order valence-electron chi connectivity index (χ2n) is 7.29. The van der Waals surface area contributed by atoms with Gasteiger partial charge in [-0.1, -0.05) is 22.0 Å². The molecule has 4 rings (SSSR count). The molecule has 2 saturated heterocycles. The number of rotatable bonds is 3. The van der Waals surface area contributed by atoms with Crippen LogP contribution in [0.1, 0.15) is 24.0 Å². The van der Waals surface area contributed by atoms with Crippen LogP contribution >= 0.6 is 15.9 Å². The summed E-state index contributed by atoms with van der Waals surface area (Å²) in [4.78, 5) is 40.6. The van der Waals surface area contributed by atoms with Crippen molar-refractivity contribution < 1.29 is 18.8 Å². The number of urea groups is 1. The van der Waals surface area contributed by atoms with E-state index in [1.807, 2.05) is 4.90 Å². The van der Waals surface area contributed by atoms with Gasteiger partial charge in [0.25, 0.3) is 11.8 Å². The molecule has 0 aliphatic carbocycles. The minimum Gasteiger partial charge on any atom is -0.369 e. The lowest BCUT2D eigenvalue weighted by molar-refractivity contribution is -0.122. The van der Waals surface area contributed by atoms with Crippen molar-refractivity contribution >= 4 is 51.2 Å². The van der Waals surface area contributed by atoms with E-state index in [4.69, 9.17) is 0 Å². The van der Waals surface area contributed by atoms with Gasteiger partial charge in [-0.25, -0.2) is 14.1 Å². The molecule has 154 valence electrons. The average Bonchev–Trinajstić information content (AvgIpc) is 3.21. The minimum atomic E-state index is -0.817. The minimum absolute atomic E-state index is 0.231. The molecule has 0 atom stereocenters. The van der Waals surface area contributed by atoms with Crippen LogP contribution in [-0.2, 0) is 9.59 Å². The van der Waals surface area contributed by atoms with E-state index >= 15 is 0 Å². The van der Waals surface area contributed by atoms with Crippen LogP contribution in [0, 0.1) is 12.7 Å². The Labute approximate surface area is 181 Å². The molecule has 6 nitrogen and oxygen atoms in total. The first-order valence-electron chi connectivity index (χ1n) is 9.57. The number of nitrogens with zero attached hydrogens (tertiary/aromatic N) is 2. The van der Waals surface area contributed by atoms with Crippen molar-refractivity contribution in [3.8, 4) is 0 Å². The first-order chi connectivity index (χ1) is 14.3. The number of nitrogens with one attached hydrogen (secondary N) is 1. The van der Waals surface area contributed by atoms with E-state index in [2.05, 4.69) is 21.2 Å². The van der Waals surface area contributed by atoms with Gasteiger partial charge in [-0.2, -0.15) is 0 Å². The maximum Gasteiger partial charge on any atom is 0.335 e. The average molecular weight is 472 g/mol. The number of barbiturate groups is 1. The Morgan fingerprint density at radius 2 is 1.73 bits per heavy atom. The number of carbonyl (C=O) groups is 3. The molecule has 0 spiro atoms. The summed E-state index contributed by atoms with van der Waals surface area (Å²) in [7, 11) is 0. The zero-order chi connectivity index (χ0) is 21.4. The zero-order valence-corrected chi connectivity index (χ0v) is 17.8. The van der Waals surface area contributed by atoms with Crippen LogP contribution in [0.15, 0.2) is 46.4 Å². The van der Waals surface area contributed by atoms with Crippen LogP contribution in [0.3, 0.4) is 0 Å². The topological polar surface area (TPSA) is 69.7 Å². The van der Waals surface area contributed by atoms with Gasteiger partial charge in [-0.3, -0.25) is 14.9 Å². The van der Waals surface area contributed by atoms with Gasteiger partial charge in [0, 0.05) is 17.6 Å². The number of benzene rings is 2. The molecule has 0 saturated carbocycles. The molecule has 2 aromatic rings. The fourth-order valence-corrected chi connectivity index (χ4v) is 4.22. The van der Waals surface area contributed by atoms with Crippen LogP contribution in [0.25, 0.3) is 6.08 Å². The van der Waals surface area contributed by atoms with Gasteiger partial charge in [0.15, 0.2) is 0 Å². The summed E-state index contributed by atoms with van der Waals surface area (Å²) >= 11 is 3.34. The van der Waals surface area contributed by atoms with Crippen molar-refractivity contribution in [2.24, 2.45) is 0 Å². The van der Waals surface area contributed by atoms with Gasteiger partial charge in [-0.05, 0) is 67.3 Å². The highest BCUT2D eigenvalue weighted by molar-refractivity contribution is 9.10. The standard InChI is InChI=1S/C22H19BrFN3O3/c1-13-10-15(23)5-7-18(13)27-21(29)16(20(28)25-22(27)30)11-14-4-6-19(17(24)12-14)26-8-2-3-9-26/h4-7,10-12H,2-3,8-9H2,1H3,(H,25,28,30)/b16-11+. The van der Waals surface area contributed by atoms with E-state index in [1.165, 1.54) is 12.1 Å². The Balaban J connectivity index is 1.68. The van der Waals surface area contributed by atoms with Gasteiger partial charge in [0.1, 0.15) is 11.4 Å². The van der Waals surface area contributed by atoms with Crippen molar-refractivity contribution in [3.05, 3.63) is 63.4 Å². The molecule has 2 heterocycles. The predicted octanol–water partition coefficient (Wildman–Crippen LogP) is 4.16. The van der Waals surface area contributed by atoms with Crippen molar-refractivity contribution in [1.82, 2.24) is 5.32 Å². The monoisotopic (exact) mass is 471 g/mol. The van der Waals surface area contributed by atoms with E-state index < -0.39 is 23.7 Å². The third-order valence-electron chi connectivity index (χ3n) is 5.23. The van der Waals surface area contributed by atoms with E-state index in [0.29, 0.717) is 22.5 Å². The second kappa shape index (κ2) is 8.02. The fraction of sp³-hybridized carbons (Fsp3) is 0.227. The molecule has 30 heavy (non-hydrogen) atoms. The largest absolute Gasteiger partial charge is 0.369 e. The van der Waals surface area contributed by atoms with Crippen LogP contribution in [-0.4, -0.2) is 30.9 Å². The molecule has 0 unspecified atom stereocenters. The van der Waals surface area contributed by atoms with Crippen molar-refractivity contribution in [2.45, 2.75) is 19.8 Å². The van der Waals surface area contributed by atoms with Gasteiger partial charge in [0.2, 0.25) is 0 Å². The van der Waals surface area contributed by atoms with E-state index in [1.54, 1.807) is 37.3 Å². The van der Waals surface area contributed by atoms with Crippen molar-refractivity contribution in [2.75, 3.05) is 22.9 Å². The summed E-state index contributed by atoms with van der Waals surface area (Å²) in [5.41, 5.74) is 1.70. The number of amides is 4. The van der Waals surface area contributed by atoms with Crippen molar-refractivity contribution in [3.63, 3.8) is 0 Å². The summed E-state index contributed by atoms with van der Waals surface area (Å²) < 4.78 is 15.4. The molecule has 2 fully saturated rings. The Kier molecular flexibility index (Phi) is 5.42. The Morgan fingerprint density at radius 1 is 1.03 bits per heavy atom. The molecular formula is C22H19BrFN3O3. The quantitative estimate of drug-likeness (QED) is 0.538. The van der Waals surface area contributed by atoms with Gasteiger partial charge in [0.05, 0.1) is 11.4 Å². The molecule has 4 amide bonds. The Morgan fingerprint density at radius 3 is 2.40 bits per heavy atom. The lowest BCUT2D eigenvalue weighted by atomic mass is 10.1. The fourth-order valence-electron chi connectivity index (χ4n) is 3.74. The lowest BCUT2D eigenvalue weighted by Crippen LogP contribution is -2.54. The number of carbonyl (C=O) groups excluding carboxylic acids is 3. The van der Waals surface area contributed by atoms with Gasteiger partial charge >= 0.3 is 6.03 Å². The molecule has 2 aromatic carbocycles. The second-order valence-corrected chi connectivity index (χ2v) is 8.21. The molecule has 1 N–H and O–H groups in total. The third-order valence-corrected chi connectivity index (χ3v) is 5.72. The predicted molar refractivity (Wildman–Crippen MR) is 116 cm³/mol. The summed E-state index contributed by atoms with van der Waals surface area (Å²) in [6, 6.07) is 8.89. The Bertz CT molecular complexity index is 1090. The number of hydrogen-bond acceptors (Lipinski definition) is 4. The van der Waals surface area contributed by atoms with Crippen LogP contribution < -0.4 is 15.1 Å². The van der Waals surface area contributed by atoms with E-state index in [0.717, 1.165) is 35.3 Å². The van der Waals surface area contributed by atoms with E-state index in [-0.39, 0.29) is 5.57 Å². The summed E-state index contributed by atoms with van der Waals surface area (Å²) in [5.74, 6) is -1.97. The third kappa shape index (κ3) is 3.75. The summed E-state index contributed by atoms with van der Waals surface area (Å²) in [5, 5.41) is 2.19. The first-order valence-corrected chi connectivity index (χ1v) is 10.4. The Hall–Kier alpha value is -3.00. The lowest BCUT2D eigenvalue weighted by Gasteiger charge is -2.27. The van der Waals surface area contributed by atoms with E-state index in [9.17, 15) is 18.8 Å². The molecule has 2 aliphatic rings. The number of aryl methyl sites for hydroxylation is 1. The van der Waals surface area contributed by atoms with Gasteiger partial charge < -0.3 is 4.90 Å². The smallest absolute Gasteiger partial charge is 0.335 e. The number of imide groups is 2. The number of halogens is 2. The molecule has 2 aliphatic heterocycles. The van der Waals surface area contributed by atoms with Gasteiger partial charge in [-0.15, -0.1) is 0 Å². The SMILES string of the molecule is Cc1cc(Br)ccc1N1C(=O)NC(=O)/C(=C\c2ccc(N3CCCC3)c(F)c2)C1=O.